The van der Waals surface area contributed by atoms with Gasteiger partial charge in [0.1, 0.15) is 6.10 Å². The summed E-state index contributed by atoms with van der Waals surface area (Å²) >= 11 is 3.45. The molecule has 140 valence electrons. The third-order valence-electron chi connectivity index (χ3n) is 5.00. The van der Waals surface area contributed by atoms with Crippen LogP contribution < -0.4 is 10.6 Å². The molecule has 1 aliphatic heterocycles. The summed E-state index contributed by atoms with van der Waals surface area (Å²) in [6.45, 7) is 1.75. The minimum Gasteiger partial charge on any atom is -0.459 e. The van der Waals surface area contributed by atoms with E-state index < -0.39 is 6.04 Å². The van der Waals surface area contributed by atoms with Crippen LogP contribution in [0.5, 0.6) is 0 Å². The number of hydrogen-bond donors (Lipinski definition) is 2. The van der Waals surface area contributed by atoms with Gasteiger partial charge >= 0.3 is 12.0 Å². The van der Waals surface area contributed by atoms with E-state index in [-0.39, 0.29) is 18.1 Å². The fourth-order valence-electron chi connectivity index (χ4n) is 3.65. The quantitative estimate of drug-likeness (QED) is 0.694. The van der Waals surface area contributed by atoms with Crippen molar-refractivity contribution in [3.8, 4) is 0 Å². The van der Waals surface area contributed by atoms with Crippen LogP contribution in [0, 0.1) is 0 Å². The highest BCUT2D eigenvalue weighted by Crippen LogP contribution is 2.30. The van der Waals surface area contributed by atoms with Crippen LogP contribution in [0.4, 0.5) is 4.79 Å². The second-order valence-electron chi connectivity index (χ2n) is 7.00. The first kappa shape index (κ1) is 19.0. The Morgan fingerprint density at radius 1 is 1.15 bits per heavy atom. The van der Waals surface area contributed by atoms with Gasteiger partial charge in [-0.05, 0) is 50.3 Å². The lowest BCUT2D eigenvalue weighted by Gasteiger charge is -2.29. The van der Waals surface area contributed by atoms with E-state index in [9.17, 15) is 9.59 Å². The van der Waals surface area contributed by atoms with E-state index in [0.717, 1.165) is 35.7 Å². The van der Waals surface area contributed by atoms with Gasteiger partial charge in [-0.1, -0.05) is 47.3 Å². The molecule has 0 spiro atoms. The summed E-state index contributed by atoms with van der Waals surface area (Å²) in [4.78, 5) is 24.9. The lowest BCUT2D eigenvalue weighted by atomic mass is 9.95. The van der Waals surface area contributed by atoms with E-state index in [1.807, 2.05) is 24.3 Å². The minimum absolute atomic E-state index is 0.0381. The molecule has 2 aliphatic rings. The number of ether oxygens (including phenoxy) is 1. The van der Waals surface area contributed by atoms with Crippen molar-refractivity contribution < 1.29 is 14.3 Å². The monoisotopic (exact) mass is 420 g/mol. The summed E-state index contributed by atoms with van der Waals surface area (Å²) in [5.41, 5.74) is 1.87. The maximum absolute atomic E-state index is 13.0. The lowest BCUT2D eigenvalue weighted by Crippen LogP contribution is -2.45. The Morgan fingerprint density at radius 2 is 1.85 bits per heavy atom. The Balaban J connectivity index is 1.82. The van der Waals surface area contributed by atoms with Crippen molar-refractivity contribution >= 4 is 27.9 Å². The van der Waals surface area contributed by atoms with Gasteiger partial charge in [0.05, 0.1) is 11.6 Å². The maximum atomic E-state index is 13.0. The van der Waals surface area contributed by atoms with Crippen molar-refractivity contribution in [3.63, 3.8) is 0 Å². The van der Waals surface area contributed by atoms with Crippen LogP contribution >= 0.6 is 15.9 Å². The average molecular weight is 421 g/mol. The van der Waals surface area contributed by atoms with E-state index >= 15 is 0 Å². The van der Waals surface area contributed by atoms with Crippen molar-refractivity contribution in [3.05, 3.63) is 45.6 Å². The molecule has 1 aliphatic carbocycles. The minimum atomic E-state index is -0.512. The molecule has 3 rings (SSSR count). The van der Waals surface area contributed by atoms with E-state index in [4.69, 9.17) is 4.74 Å². The fourth-order valence-corrected chi connectivity index (χ4v) is 4.07. The van der Waals surface area contributed by atoms with E-state index in [1.165, 1.54) is 19.3 Å². The molecule has 0 aromatic heterocycles. The van der Waals surface area contributed by atoms with Gasteiger partial charge in [0.2, 0.25) is 0 Å². The fraction of sp³-hybridized carbons (Fsp3) is 0.500. The molecule has 2 amide bonds. The predicted octanol–water partition coefficient (Wildman–Crippen LogP) is 4.73. The van der Waals surface area contributed by atoms with Crippen LogP contribution in [-0.2, 0) is 9.53 Å². The normalized spacial score (nSPS) is 22.1. The maximum Gasteiger partial charge on any atom is 0.338 e. The highest BCUT2D eigenvalue weighted by molar-refractivity contribution is 9.10. The number of carbonyl (C=O) groups is 2. The summed E-state index contributed by atoms with van der Waals surface area (Å²) in [5, 5.41) is 5.55. The zero-order valence-electron chi connectivity index (χ0n) is 15.0. The largest absolute Gasteiger partial charge is 0.459 e. The molecule has 5 nitrogen and oxygen atoms in total. The first-order valence-corrected chi connectivity index (χ1v) is 10.1. The number of carbonyl (C=O) groups excluding carboxylic acids is 2. The van der Waals surface area contributed by atoms with Crippen molar-refractivity contribution in [2.75, 3.05) is 0 Å². The molecule has 1 aromatic rings. The molecule has 1 saturated carbocycles. The molecule has 0 bridgehead atoms. The Kier molecular flexibility index (Phi) is 6.35. The number of esters is 1. The summed E-state index contributed by atoms with van der Waals surface area (Å²) in [6, 6.07) is 6.79. The molecule has 1 heterocycles. The number of rotatable bonds is 3. The summed E-state index contributed by atoms with van der Waals surface area (Å²) in [5.74, 6) is -0.342. The Labute approximate surface area is 162 Å². The first-order valence-electron chi connectivity index (χ1n) is 9.29. The van der Waals surface area contributed by atoms with Crippen molar-refractivity contribution in [1.82, 2.24) is 10.6 Å². The molecule has 1 fully saturated rings. The van der Waals surface area contributed by atoms with Gasteiger partial charge in [-0.2, -0.15) is 0 Å². The number of hydrogen-bond acceptors (Lipinski definition) is 3. The molecular formula is C20H25BrN2O3. The number of amides is 2. The number of benzene rings is 1. The molecule has 0 unspecified atom stereocenters. The predicted molar refractivity (Wildman–Crippen MR) is 103 cm³/mol. The van der Waals surface area contributed by atoms with Crippen molar-refractivity contribution in [1.29, 1.82) is 0 Å². The van der Waals surface area contributed by atoms with E-state index in [2.05, 4.69) is 26.6 Å². The second kappa shape index (κ2) is 8.71. The van der Waals surface area contributed by atoms with Crippen LogP contribution in [0.1, 0.15) is 63.5 Å². The van der Waals surface area contributed by atoms with Crippen LogP contribution in [-0.4, -0.2) is 18.1 Å². The Bertz CT molecular complexity index is 709. The zero-order chi connectivity index (χ0) is 18.5. The van der Waals surface area contributed by atoms with Gasteiger partial charge in [-0.15, -0.1) is 0 Å². The standard InChI is InChI=1S/C20H25BrN2O3/c1-13-17(19(24)26-16-10-5-3-2-4-6-11-16)18(23-20(25)22-13)14-8-7-9-15(21)12-14/h7-9,12,16,18H,2-6,10-11H2,1H3,(H2,22,23,25)/t18-/m0/s1. The summed E-state index contributed by atoms with van der Waals surface area (Å²) in [6.07, 6.45) is 7.66. The molecule has 2 N–H and O–H groups in total. The van der Waals surface area contributed by atoms with Gasteiger partial charge in [0.15, 0.2) is 0 Å². The van der Waals surface area contributed by atoms with Crippen LogP contribution in [0.15, 0.2) is 40.0 Å². The highest BCUT2D eigenvalue weighted by atomic mass is 79.9. The molecule has 6 heteroatoms. The van der Waals surface area contributed by atoms with E-state index in [0.29, 0.717) is 11.3 Å². The van der Waals surface area contributed by atoms with Crippen LogP contribution in [0.2, 0.25) is 0 Å². The highest BCUT2D eigenvalue weighted by Gasteiger charge is 2.33. The third-order valence-corrected chi connectivity index (χ3v) is 5.49. The van der Waals surface area contributed by atoms with Gasteiger partial charge in [-0.25, -0.2) is 9.59 Å². The Hall–Kier alpha value is -1.82. The molecule has 1 atom stereocenters. The number of allylic oxidation sites excluding steroid dienone is 1. The molecule has 1 aromatic carbocycles. The smallest absolute Gasteiger partial charge is 0.338 e. The molecule has 26 heavy (non-hydrogen) atoms. The summed E-state index contributed by atoms with van der Waals surface area (Å²) in [7, 11) is 0. The van der Waals surface area contributed by atoms with Crippen molar-refractivity contribution in [2.24, 2.45) is 0 Å². The van der Waals surface area contributed by atoms with Gasteiger partial charge in [-0.3, -0.25) is 0 Å². The van der Waals surface area contributed by atoms with E-state index in [1.54, 1.807) is 6.92 Å². The van der Waals surface area contributed by atoms with Gasteiger partial charge in [0, 0.05) is 10.2 Å². The van der Waals surface area contributed by atoms with Crippen LogP contribution in [0.3, 0.4) is 0 Å². The number of nitrogens with one attached hydrogen (secondary N) is 2. The van der Waals surface area contributed by atoms with Gasteiger partial charge < -0.3 is 15.4 Å². The average Bonchev–Trinajstić information content (AvgIpc) is 2.56. The lowest BCUT2D eigenvalue weighted by molar-refractivity contribution is -0.145. The zero-order valence-corrected chi connectivity index (χ0v) is 16.6. The number of halogens is 1. The SMILES string of the molecule is CC1=C(C(=O)OC2CCCCCCC2)[C@H](c2cccc(Br)c2)NC(=O)N1. The number of urea groups is 1. The Morgan fingerprint density at radius 3 is 2.54 bits per heavy atom. The van der Waals surface area contributed by atoms with Gasteiger partial charge in [0.25, 0.3) is 0 Å². The first-order chi connectivity index (χ1) is 12.5. The molecular weight excluding hydrogens is 396 g/mol. The second-order valence-corrected chi connectivity index (χ2v) is 7.91. The topological polar surface area (TPSA) is 67.4 Å². The third kappa shape index (κ3) is 4.67. The summed E-state index contributed by atoms with van der Waals surface area (Å²) < 4.78 is 6.75. The molecule has 0 saturated heterocycles. The molecule has 0 radical (unpaired) electrons. The van der Waals surface area contributed by atoms with Crippen LogP contribution in [0.25, 0.3) is 0 Å². The van der Waals surface area contributed by atoms with Crippen molar-refractivity contribution in [2.45, 2.75) is 64.0 Å².